The van der Waals surface area contributed by atoms with E-state index < -0.39 is 0 Å². The quantitative estimate of drug-likeness (QED) is 0.708. The largest absolute Gasteiger partial charge is 0.467 e. The first kappa shape index (κ1) is 10.8. The summed E-state index contributed by atoms with van der Waals surface area (Å²) >= 11 is 0. The van der Waals surface area contributed by atoms with Crippen molar-refractivity contribution in [1.82, 2.24) is 5.32 Å². The van der Waals surface area contributed by atoms with Gasteiger partial charge < -0.3 is 9.73 Å². The maximum absolute atomic E-state index is 11.3. The second-order valence-electron chi connectivity index (χ2n) is 3.31. The molecular formula is C11H17NO2. The Morgan fingerprint density at radius 1 is 1.50 bits per heavy atom. The van der Waals surface area contributed by atoms with Crippen molar-refractivity contribution < 1.29 is 9.21 Å². The molecule has 0 unspecified atom stereocenters. The van der Waals surface area contributed by atoms with Gasteiger partial charge in [0.25, 0.3) is 0 Å². The van der Waals surface area contributed by atoms with Crippen molar-refractivity contribution in [3.05, 3.63) is 24.2 Å². The van der Waals surface area contributed by atoms with Crippen LogP contribution in [0.15, 0.2) is 22.8 Å². The molecule has 0 atom stereocenters. The van der Waals surface area contributed by atoms with E-state index in [2.05, 4.69) is 12.2 Å². The van der Waals surface area contributed by atoms with Crippen LogP contribution in [-0.4, -0.2) is 5.91 Å². The van der Waals surface area contributed by atoms with Crippen LogP contribution in [0.2, 0.25) is 0 Å². The second kappa shape index (κ2) is 6.24. The zero-order chi connectivity index (χ0) is 10.2. The van der Waals surface area contributed by atoms with Gasteiger partial charge >= 0.3 is 0 Å². The van der Waals surface area contributed by atoms with Crippen LogP contribution in [0.3, 0.4) is 0 Å². The van der Waals surface area contributed by atoms with Gasteiger partial charge in [-0.2, -0.15) is 0 Å². The fraction of sp³-hybridized carbons (Fsp3) is 0.545. The predicted molar refractivity (Wildman–Crippen MR) is 54.7 cm³/mol. The van der Waals surface area contributed by atoms with Crippen LogP contribution in [0.25, 0.3) is 0 Å². The zero-order valence-corrected chi connectivity index (χ0v) is 8.58. The zero-order valence-electron chi connectivity index (χ0n) is 8.58. The lowest BCUT2D eigenvalue weighted by molar-refractivity contribution is -0.121. The number of amides is 1. The molecule has 1 aromatic heterocycles. The van der Waals surface area contributed by atoms with Crippen molar-refractivity contribution in [1.29, 1.82) is 0 Å². The molecule has 0 fully saturated rings. The van der Waals surface area contributed by atoms with Gasteiger partial charge in [-0.15, -0.1) is 0 Å². The third kappa shape index (κ3) is 4.12. The van der Waals surface area contributed by atoms with Crippen LogP contribution in [0.1, 0.15) is 38.4 Å². The lowest BCUT2D eigenvalue weighted by Gasteiger charge is -2.02. The third-order valence-electron chi connectivity index (χ3n) is 2.05. The van der Waals surface area contributed by atoms with Crippen LogP contribution in [0, 0.1) is 0 Å². The van der Waals surface area contributed by atoms with E-state index in [9.17, 15) is 4.79 Å². The van der Waals surface area contributed by atoms with E-state index in [1.54, 1.807) is 6.26 Å². The molecule has 3 heteroatoms. The molecule has 0 saturated heterocycles. The Morgan fingerprint density at radius 2 is 2.36 bits per heavy atom. The number of unbranched alkanes of at least 4 members (excludes halogenated alkanes) is 2. The summed E-state index contributed by atoms with van der Waals surface area (Å²) in [5, 5.41) is 2.81. The Morgan fingerprint density at radius 3 is 3.00 bits per heavy atom. The topological polar surface area (TPSA) is 42.2 Å². The molecule has 1 N–H and O–H groups in total. The average Bonchev–Trinajstić information content (AvgIpc) is 2.68. The highest BCUT2D eigenvalue weighted by atomic mass is 16.3. The summed E-state index contributed by atoms with van der Waals surface area (Å²) in [4.78, 5) is 11.3. The molecule has 1 heterocycles. The maximum Gasteiger partial charge on any atom is 0.220 e. The van der Waals surface area contributed by atoms with Gasteiger partial charge in [0.1, 0.15) is 5.76 Å². The molecule has 0 spiro atoms. The molecule has 0 aliphatic carbocycles. The molecule has 0 bridgehead atoms. The van der Waals surface area contributed by atoms with Gasteiger partial charge in [-0.1, -0.05) is 19.8 Å². The van der Waals surface area contributed by atoms with Gasteiger partial charge in [-0.3, -0.25) is 4.79 Å². The summed E-state index contributed by atoms with van der Waals surface area (Å²) in [5.74, 6) is 0.906. The Kier molecular flexibility index (Phi) is 4.83. The molecule has 78 valence electrons. The number of hydrogen-bond donors (Lipinski definition) is 1. The first-order valence-electron chi connectivity index (χ1n) is 5.12. The van der Waals surface area contributed by atoms with E-state index in [4.69, 9.17) is 4.42 Å². The van der Waals surface area contributed by atoms with Crippen LogP contribution in [0.5, 0.6) is 0 Å². The predicted octanol–water partition coefficient (Wildman–Crippen LogP) is 2.48. The van der Waals surface area contributed by atoms with Gasteiger partial charge in [-0.05, 0) is 18.6 Å². The van der Waals surface area contributed by atoms with Crippen molar-refractivity contribution in [2.45, 2.75) is 39.2 Å². The SMILES string of the molecule is CCCCCC(=O)NCc1ccco1. The van der Waals surface area contributed by atoms with E-state index >= 15 is 0 Å². The van der Waals surface area contributed by atoms with Crippen LogP contribution < -0.4 is 5.32 Å². The second-order valence-corrected chi connectivity index (χ2v) is 3.31. The van der Waals surface area contributed by atoms with Gasteiger partial charge in [0, 0.05) is 6.42 Å². The molecule has 1 aromatic rings. The number of hydrogen-bond acceptors (Lipinski definition) is 2. The van der Waals surface area contributed by atoms with E-state index in [-0.39, 0.29) is 5.91 Å². The number of nitrogens with one attached hydrogen (secondary N) is 1. The van der Waals surface area contributed by atoms with Gasteiger partial charge in [0.15, 0.2) is 0 Å². The fourth-order valence-electron chi connectivity index (χ4n) is 1.22. The summed E-state index contributed by atoms with van der Waals surface area (Å²) in [6.45, 7) is 2.62. The summed E-state index contributed by atoms with van der Waals surface area (Å²) in [6, 6.07) is 3.67. The molecule has 1 amide bonds. The lowest BCUT2D eigenvalue weighted by atomic mass is 10.2. The van der Waals surface area contributed by atoms with E-state index in [0.717, 1.165) is 25.0 Å². The number of carbonyl (C=O) groups excluding carboxylic acids is 1. The molecule has 1 rings (SSSR count). The summed E-state index contributed by atoms with van der Waals surface area (Å²) in [6.07, 6.45) is 5.47. The monoisotopic (exact) mass is 195 g/mol. The minimum Gasteiger partial charge on any atom is -0.467 e. The molecule has 0 radical (unpaired) electrons. The standard InChI is InChI=1S/C11H17NO2/c1-2-3-4-7-11(13)12-9-10-6-5-8-14-10/h5-6,8H,2-4,7,9H2,1H3,(H,12,13). The van der Waals surface area contributed by atoms with Crippen molar-refractivity contribution in [3.63, 3.8) is 0 Å². The summed E-state index contributed by atoms with van der Waals surface area (Å²) in [5.41, 5.74) is 0. The Hall–Kier alpha value is -1.25. The van der Waals surface area contributed by atoms with Crippen molar-refractivity contribution in [2.24, 2.45) is 0 Å². The molecule has 0 aromatic carbocycles. The highest BCUT2D eigenvalue weighted by Crippen LogP contribution is 2.01. The van der Waals surface area contributed by atoms with Crippen molar-refractivity contribution in [3.8, 4) is 0 Å². The minimum absolute atomic E-state index is 0.106. The molecule has 3 nitrogen and oxygen atoms in total. The first-order valence-corrected chi connectivity index (χ1v) is 5.12. The third-order valence-corrected chi connectivity index (χ3v) is 2.05. The van der Waals surface area contributed by atoms with Crippen molar-refractivity contribution in [2.75, 3.05) is 0 Å². The molecule has 0 aliphatic heterocycles. The van der Waals surface area contributed by atoms with Crippen molar-refractivity contribution >= 4 is 5.91 Å². The van der Waals surface area contributed by atoms with Crippen LogP contribution >= 0.6 is 0 Å². The maximum atomic E-state index is 11.3. The lowest BCUT2D eigenvalue weighted by Crippen LogP contribution is -2.21. The number of carbonyl (C=O) groups is 1. The molecule has 14 heavy (non-hydrogen) atoms. The van der Waals surface area contributed by atoms with Crippen LogP contribution in [0.4, 0.5) is 0 Å². The van der Waals surface area contributed by atoms with E-state index in [1.165, 1.54) is 0 Å². The number of furan rings is 1. The normalized spacial score (nSPS) is 10.1. The Bertz CT molecular complexity index is 254. The van der Waals surface area contributed by atoms with Gasteiger partial charge in [0.2, 0.25) is 5.91 Å². The first-order chi connectivity index (χ1) is 6.83. The Balaban J connectivity index is 2.09. The smallest absolute Gasteiger partial charge is 0.220 e. The summed E-state index contributed by atoms with van der Waals surface area (Å²) in [7, 11) is 0. The van der Waals surface area contributed by atoms with Crippen LogP contribution in [-0.2, 0) is 11.3 Å². The highest BCUT2D eigenvalue weighted by molar-refractivity contribution is 5.75. The minimum atomic E-state index is 0.106. The molecule has 0 aliphatic rings. The van der Waals surface area contributed by atoms with Gasteiger partial charge in [-0.25, -0.2) is 0 Å². The van der Waals surface area contributed by atoms with E-state index in [1.807, 2.05) is 12.1 Å². The fourth-order valence-corrected chi connectivity index (χ4v) is 1.22. The van der Waals surface area contributed by atoms with E-state index in [0.29, 0.717) is 13.0 Å². The average molecular weight is 195 g/mol. The summed E-state index contributed by atoms with van der Waals surface area (Å²) < 4.78 is 5.09. The Labute approximate surface area is 84.5 Å². The number of rotatable bonds is 6. The van der Waals surface area contributed by atoms with Gasteiger partial charge in [0.05, 0.1) is 12.8 Å². The molecule has 0 saturated carbocycles. The highest BCUT2D eigenvalue weighted by Gasteiger charge is 2.01. The molecular weight excluding hydrogens is 178 g/mol.